The molecule has 4 aromatic rings. The summed E-state index contributed by atoms with van der Waals surface area (Å²) in [5.74, 6) is -1.16. The van der Waals surface area contributed by atoms with E-state index in [1.54, 1.807) is 6.07 Å². The van der Waals surface area contributed by atoms with E-state index >= 15 is 0 Å². The maximum absolute atomic E-state index is 13.5. The Morgan fingerprint density at radius 1 is 1.38 bits per heavy atom. The number of carbonyl (C=O) groups is 1. The Kier molecular flexibility index (Phi) is 4.04. The molecule has 6 nitrogen and oxygen atoms in total. The van der Waals surface area contributed by atoms with Crippen LogP contribution >= 0.6 is 0 Å². The van der Waals surface area contributed by atoms with Gasteiger partial charge in [0.05, 0.1) is 6.42 Å². The second-order valence-corrected chi connectivity index (χ2v) is 7.55. The number of fused-ring (bicyclic) bond motifs is 4. The Morgan fingerprint density at radius 3 is 3.07 bits per heavy atom. The number of anilines is 1. The third kappa shape index (κ3) is 2.93. The summed E-state index contributed by atoms with van der Waals surface area (Å²) in [6, 6.07) is 10.8. The predicted molar refractivity (Wildman–Crippen MR) is 107 cm³/mol. The monoisotopic (exact) mass is 393 g/mol. The van der Waals surface area contributed by atoms with E-state index in [4.69, 9.17) is 4.42 Å². The van der Waals surface area contributed by atoms with E-state index in [-0.39, 0.29) is 18.3 Å². The number of benzene rings is 1. The molecule has 3 aromatic heterocycles. The van der Waals surface area contributed by atoms with Crippen molar-refractivity contribution < 1.29 is 18.7 Å². The van der Waals surface area contributed by atoms with Crippen LogP contribution in [0.25, 0.3) is 16.6 Å². The van der Waals surface area contributed by atoms with E-state index in [1.165, 1.54) is 12.1 Å². The number of carboxylic acid groups (broad SMARTS) is 1. The zero-order chi connectivity index (χ0) is 20.1. The number of halogens is 1. The topological polar surface area (TPSA) is 71.0 Å². The summed E-state index contributed by atoms with van der Waals surface area (Å²) >= 11 is 0. The lowest BCUT2D eigenvalue weighted by atomic mass is 9.89. The summed E-state index contributed by atoms with van der Waals surface area (Å²) < 4.78 is 21.4. The number of rotatable bonds is 4. The molecule has 1 aromatic carbocycles. The molecule has 0 spiro atoms. The Bertz CT molecular complexity index is 1240. The first-order valence-electron chi connectivity index (χ1n) is 9.61. The van der Waals surface area contributed by atoms with Gasteiger partial charge in [-0.15, -0.1) is 0 Å². The SMILES string of the molecule is CN(c1nc2cc(F)ccc2o1)C1CCc2c(CC(=O)O)c3ccccn3c2C1. The van der Waals surface area contributed by atoms with Gasteiger partial charge in [-0.05, 0) is 48.2 Å². The molecule has 5 rings (SSSR count). The number of carboxylic acids is 1. The number of oxazole rings is 1. The molecule has 29 heavy (non-hydrogen) atoms. The van der Waals surface area contributed by atoms with Gasteiger partial charge in [-0.3, -0.25) is 4.79 Å². The van der Waals surface area contributed by atoms with Crippen molar-refractivity contribution in [3.63, 3.8) is 0 Å². The first-order valence-corrected chi connectivity index (χ1v) is 9.61. The van der Waals surface area contributed by atoms with E-state index in [1.807, 2.05) is 36.3 Å². The molecule has 0 bridgehead atoms. The highest BCUT2D eigenvalue weighted by Crippen LogP contribution is 2.34. The predicted octanol–water partition coefficient (Wildman–Crippen LogP) is 3.84. The van der Waals surface area contributed by atoms with E-state index < -0.39 is 5.97 Å². The van der Waals surface area contributed by atoms with Crippen molar-refractivity contribution in [2.75, 3.05) is 11.9 Å². The molecule has 3 heterocycles. The average molecular weight is 393 g/mol. The summed E-state index contributed by atoms with van der Waals surface area (Å²) in [5, 5.41) is 9.36. The zero-order valence-corrected chi connectivity index (χ0v) is 15.9. The first-order chi connectivity index (χ1) is 14.0. The maximum atomic E-state index is 13.5. The Balaban J connectivity index is 1.50. The number of likely N-dealkylation sites (N-methyl/N-ethyl adjacent to an activating group) is 1. The van der Waals surface area contributed by atoms with Crippen LogP contribution in [0.1, 0.15) is 23.2 Å². The molecule has 1 unspecified atom stereocenters. The second-order valence-electron chi connectivity index (χ2n) is 7.55. The average Bonchev–Trinajstić information content (AvgIpc) is 3.26. The Hall–Kier alpha value is -3.35. The van der Waals surface area contributed by atoms with Crippen molar-refractivity contribution in [1.82, 2.24) is 9.38 Å². The zero-order valence-electron chi connectivity index (χ0n) is 15.9. The quantitative estimate of drug-likeness (QED) is 0.570. The first kappa shape index (κ1) is 17.7. The van der Waals surface area contributed by atoms with Gasteiger partial charge in [0.15, 0.2) is 5.58 Å². The number of hydrogen-bond donors (Lipinski definition) is 1. The van der Waals surface area contributed by atoms with Crippen LogP contribution in [-0.2, 0) is 24.1 Å². The van der Waals surface area contributed by atoms with Crippen LogP contribution in [0.4, 0.5) is 10.4 Å². The molecule has 1 aliphatic rings. The number of aliphatic carboxylic acids is 1. The second kappa shape index (κ2) is 6.62. The number of hydrogen-bond acceptors (Lipinski definition) is 4. The third-order valence-corrected chi connectivity index (χ3v) is 5.84. The smallest absolute Gasteiger partial charge is 0.307 e. The number of nitrogens with zero attached hydrogens (tertiary/aromatic N) is 3. The van der Waals surface area contributed by atoms with E-state index in [9.17, 15) is 14.3 Å². The molecular formula is C22H20FN3O3. The van der Waals surface area contributed by atoms with Crippen LogP contribution in [0.15, 0.2) is 47.0 Å². The molecule has 7 heteroatoms. The van der Waals surface area contributed by atoms with Gasteiger partial charge in [0, 0.05) is 43.0 Å². The van der Waals surface area contributed by atoms with E-state index in [0.29, 0.717) is 17.1 Å². The summed E-state index contributed by atoms with van der Waals surface area (Å²) in [4.78, 5) is 17.8. The highest BCUT2D eigenvalue weighted by atomic mass is 19.1. The lowest BCUT2D eigenvalue weighted by molar-refractivity contribution is -0.136. The van der Waals surface area contributed by atoms with Gasteiger partial charge in [-0.1, -0.05) is 6.07 Å². The fourth-order valence-electron chi connectivity index (χ4n) is 4.43. The van der Waals surface area contributed by atoms with Crippen molar-refractivity contribution in [3.8, 4) is 0 Å². The van der Waals surface area contributed by atoms with Gasteiger partial charge >= 0.3 is 5.97 Å². The summed E-state index contributed by atoms with van der Waals surface area (Å²) in [5.41, 5.74) is 5.21. The van der Waals surface area contributed by atoms with Crippen LogP contribution in [0.5, 0.6) is 0 Å². The minimum Gasteiger partial charge on any atom is -0.481 e. The van der Waals surface area contributed by atoms with Gasteiger partial charge in [-0.25, -0.2) is 4.39 Å². The Labute approximate surface area is 166 Å². The van der Waals surface area contributed by atoms with Crippen LogP contribution in [0, 0.1) is 5.82 Å². The standard InChI is InChI=1S/C22H20FN3O3/c1-25(22-24-17-10-13(23)5-8-20(17)29-22)14-6-7-15-16(12-21(27)28)18-4-2-3-9-26(18)19(15)11-14/h2-5,8-10,14H,6-7,11-12H2,1H3,(H,27,28). The van der Waals surface area contributed by atoms with Crippen LogP contribution in [0.2, 0.25) is 0 Å². The minimum absolute atomic E-state index is 0.0278. The van der Waals surface area contributed by atoms with E-state index in [2.05, 4.69) is 9.38 Å². The Morgan fingerprint density at radius 2 is 2.24 bits per heavy atom. The van der Waals surface area contributed by atoms with E-state index in [0.717, 1.165) is 41.6 Å². The molecule has 0 saturated heterocycles. The molecule has 1 N–H and O–H groups in total. The molecule has 0 fully saturated rings. The molecular weight excluding hydrogens is 373 g/mol. The van der Waals surface area contributed by atoms with Gasteiger partial charge in [0.2, 0.25) is 0 Å². The molecule has 0 aliphatic heterocycles. The number of pyridine rings is 1. The van der Waals surface area contributed by atoms with Gasteiger partial charge in [0.1, 0.15) is 11.3 Å². The van der Waals surface area contributed by atoms with Crippen LogP contribution in [-0.4, -0.2) is 33.6 Å². The third-order valence-electron chi connectivity index (χ3n) is 5.84. The highest BCUT2D eigenvalue weighted by Gasteiger charge is 2.30. The number of aromatic nitrogens is 2. The molecule has 1 aliphatic carbocycles. The fraction of sp³-hybridized carbons (Fsp3) is 0.273. The molecule has 148 valence electrons. The highest BCUT2D eigenvalue weighted by molar-refractivity contribution is 5.77. The lowest BCUT2D eigenvalue weighted by Crippen LogP contribution is -2.37. The molecule has 0 amide bonds. The summed E-state index contributed by atoms with van der Waals surface area (Å²) in [6.45, 7) is 0. The maximum Gasteiger partial charge on any atom is 0.307 e. The van der Waals surface area contributed by atoms with Gasteiger partial charge < -0.3 is 18.8 Å². The van der Waals surface area contributed by atoms with Crippen molar-refractivity contribution >= 4 is 28.6 Å². The lowest BCUT2D eigenvalue weighted by Gasteiger charge is -2.30. The normalized spacial score (nSPS) is 16.3. The van der Waals surface area contributed by atoms with Crippen molar-refractivity contribution in [3.05, 3.63) is 65.2 Å². The van der Waals surface area contributed by atoms with Crippen LogP contribution < -0.4 is 4.90 Å². The molecule has 0 radical (unpaired) electrons. The van der Waals surface area contributed by atoms with Crippen molar-refractivity contribution in [1.29, 1.82) is 0 Å². The largest absolute Gasteiger partial charge is 0.481 e. The van der Waals surface area contributed by atoms with Gasteiger partial charge in [-0.2, -0.15) is 4.98 Å². The summed E-state index contributed by atoms with van der Waals surface area (Å²) in [6.07, 6.45) is 4.43. The minimum atomic E-state index is -0.817. The van der Waals surface area contributed by atoms with Crippen LogP contribution in [0.3, 0.4) is 0 Å². The van der Waals surface area contributed by atoms with Gasteiger partial charge in [0.25, 0.3) is 6.01 Å². The fourth-order valence-corrected chi connectivity index (χ4v) is 4.43. The molecule has 0 saturated carbocycles. The summed E-state index contributed by atoms with van der Waals surface area (Å²) in [7, 11) is 1.94. The van der Waals surface area contributed by atoms with Crippen molar-refractivity contribution in [2.45, 2.75) is 31.7 Å². The van der Waals surface area contributed by atoms with Crippen molar-refractivity contribution in [2.24, 2.45) is 0 Å². The molecule has 1 atom stereocenters.